The van der Waals surface area contributed by atoms with Crippen LogP contribution >= 0.6 is 34.4 Å². The van der Waals surface area contributed by atoms with Gasteiger partial charge in [-0.15, -0.1) is 0 Å². The third kappa shape index (κ3) is 6.50. The molecule has 0 bridgehead atoms. The van der Waals surface area contributed by atoms with E-state index in [9.17, 15) is 9.59 Å². The number of thioether (sulfide) groups is 1. The van der Waals surface area contributed by atoms with Gasteiger partial charge in [0.05, 0.1) is 20.8 Å². The van der Waals surface area contributed by atoms with Gasteiger partial charge in [0, 0.05) is 6.54 Å². The molecular weight excluding hydrogens is 555 g/mol. The molecule has 0 aliphatic carbocycles. The average Bonchev–Trinajstić information content (AvgIpc) is 3.04. The standard InChI is InChI=1S/C24H25IN2O5S/c1-4-10-27-23(30)20(33-24(27)26-17-8-6-15(3)7-9-17)13-16-11-18(25)22(32-14-21(28)29)19(12-16)31-5-2/h6-9,11-13H,4-5,10,14H2,1-3H3,(H,28,29)/b20-13+,26-24?. The van der Waals surface area contributed by atoms with E-state index < -0.39 is 12.6 Å². The first-order valence-corrected chi connectivity index (χ1v) is 12.4. The number of hydrogen-bond donors (Lipinski definition) is 1. The molecule has 1 N–H and O–H groups in total. The number of aryl methyl sites for hydroxylation is 1. The van der Waals surface area contributed by atoms with Gasteiger partial charge in [-0.1, -0.05) is 24.6 Å². The van der Waals surface area contributed by atoms with Gasteiger partial charge in [-0.05, 0) is 90.5 Å². The summed E-state index contributed by atoms with van der Waals surface area (Å²) in [5.41, 5.74) is 2.70. The van der Waals surface area contributed by atoms with Crippen LogP contribution < -0.4 is 9.47 Å². The van der Waals surface area contributed by atoms with Crippen molar-refractivity contribution in [2.45, 2.75) is 27.2 Å². The highest BCUT2D eigenvalue weighted by atomic mass is 127. The second kappa shape index (κ2) is 11.6. The van der Waals surface area contributed by atoms with Crippen molar-refractivity contribution in [1.82, 2.24) is 4.90 Å². The summed E-state index contributed by atoms with van der Waals surface area (Å²) < 4.78 is 11.8. The Kier molecular flexibility index (Phi) is 8.79. The molecule has 2 aromatic rings. The van der Waals surface area contributed by atoms with Crippen molar-refractivity contribution in [1.29, 1.82) is 0 Å². The van der Waals surface area contributed by atoms with E-state index in [-0.39, 0.29) is 5.91 Å². The van der Waals surface area contributed by atoms with E-state index in [4.69, 9.17) is 19.6 Å². The topological polar surface area (TPSA) is 88.4 Å². The highest BCUT2D eigenvalue weighted by Crippen LogP contribution is 2.38. The molecule has 0 aromatic heterocycles. The van der Waals surface area contributed by atoms with Crippen molar-refractivity contribution in [2.75, 3.05) is 19.8 Å². The Morgan fingerprint density at radius 2 is 1.94 bits per heavy atom. The van der Waals surface area contributed by atoms with E-state index in [1.165, 1.54) is 11.8 Å². The zero-order valence-corrected chi connectivity index (χ0v) is 21.6. The van der Waals surface area contributed by atoms with Crippen molar-refractivity contribution < 1.29 is 24.2 Å². The summed E-state index contributed by atoms with van der Waals surface area (Å²) in [5.74, 6) is -0.343. The fraction of sp³-hybridized carbons (Fsp3) is 0.292. The number of carboxylic acids is 1. The molecule has 3 rings (SSSR count). The number of amidine groups is 1. The maximum absolute atomic E-state index is 13.1. The van der Waals surface area contributed by atoms with Crippen LogP contribution in [0.3, 0.4) is 0 Å². The van der Waals surface area contributed by atoms with Crippen molar-refractivity contribution in [3.05, 3.63) is 56.0 Å². The molecule has 0 unspecified atom stereocenters. The normalized spacial score (nSPS) is 16.0. The number of carbonyl (C=O) groups excluding carboxylic acids is 1. The monoisotopic (exact) mass is 580 g/mol. The third-order valence-corrected chi connectivity index (χ3v) is 6.37. The van der Waals surface area contributed by atoms with Gasteiger partial charge in [0.2, 0.25) is 0 Å². The SMILES string of the molecule is CCCN1C(=O)/C(=C\c2cc(I)c(OCC(=O)O)c(OCC)c2)SC1=Nc1ccc(C)cc1. The van der Waals surface area contributed by atoms with Crippen LogP contribution in [0.5, 0.6) is 11.5 Å². The van der Waals surface area contributed by atoms with Gasteiger partial charge in [0.15, 0.2) is 23.3 Å². The Labute approximate surface area is 211 Å². The molecule has 1 aliphatic rings. The summed E-state index contributed by atoms with van der Waals surface area (Å²) in [6.07, 6.45) is 2.62. The Morgan fingerprint density at radius 1 is 1.21 bits per heavy atom. The lowest BCUT2D eigenvalue weighted by Crippen LogP contribution is -2.29. The maximum atomic E-state index is 13.1. The Bertz CT molecular complexity index is 1100. The zero-order chi connectivity index (χ0) is 24.0. The second-order valence-corrected chi connectivity index (χ2v) is 9.41. The van der Waals surface area contributed by atoms with Crippen molar-refractivity contribution >= 4 is 63.2 Å². The number of aliphatic carboxylic acids is 1. The number of hydrogen-bond acceptors (Lipinski definition) is 6. The van der Waals surface area contributed by atoms with Crippen molar-refractivity contribution in [2.24, 2.45) is 4.99 Å². The molecule has 1 aliphatic heterocycles. The lowest BCUT2D eigenvalue weighted by Gasteiger charge is -2.14. The number of carbonyl (C=O) groups is 2. The van der Waals surface area contributed by atoms with Crippen LogP contribution in [0.15, 0.2) is 46.3 Å². The van der Waals surface area contributed by atoms with Crippen molar-refractivity contribution in [3.63, 3.8) is 0 Å². The van der Waals surface area contributed by atoms with E-state index >= 15 is 0 Å². The first kappa shape index (κ1) is 25.1. The first-order chi connectivity index (χ1) is 15.8. The summed E-state index contributed by atoms with van der Waals surface area (Å²) in [4.78, 5) is 31.0. The Hall–Kier alpha value is -2.53. The second-order valence-electron chi connectivity index (χ2n) is 7.24. The van der Waals surface area contributed by atoms with Gasteiger partial charge in [-0.25, -0.2) is 9.79 Å². The number of benzene rings is 2. The number of ether oxygens (including phenoxy) is 2. The number of carboxylic acid groups (broad SMARTS) is 1. The zero-order valence-electron chi connectivity index (χ0n) is 18.6. The molecule has 0 atom stereocenters. The highest BCUT2D eigenvalue weighted by molar-refractivity contribution is 14.1. The van der Waals surface area contributed by atoms with Crippen LogP contribution in [0.4, 0.5) is 5.69 Å². The molecular formula is C24H25IN2O5S. The van der Waals surface area contributed by atoms with E-state index in [1.807, 2.05) is 51.1 Å². The minimum absolute atomic E-state index is 0.0908. The molecule has 174 valence electrons. The van der Waals surface area contributed by atoms with Crippen LogP contribution in [0.1, 0.15) is 31.4 Å². The highest BCUT2D eigenvalue weighted by Gasteiger charge is 2.33. The van der Waals surface area contributed by atoms with E-state index in [2.05, 4.69) is 22.6 Å². The molecule has 33 heavy (non-hydrogen) atoms. The molecule has 1 saturated heterocycles. The van der Waals surface area contributed by atoms with E-state index in [0.717, 1.165) is 23.2 Å². The van der Waals surface area contributed by atoms with Gasteiger partial charge < -0.3 is 14.6 Å². The summed E-state index contributed by atoms with van der Waals surface area (Å²) in [7, 11) is 0. The summed E-state index contributed by atoms with van der Waals surface area (Å²) >= 11 is 3.42. The lowest BCUT2D eigenvalue weighted by atomic mass is 10.2. The Balaban J connectivity index is 1.95. The largest absolute Gasteiger partial charge is 0.490 e. The molecule has 1 amide bonds. The number of aliphatic imine (C=N–C) groups is 1. The van der Waals surface area contributed by atoms with Crippen LogP contribution in [0.25, 0.3) is 6.08 Å². The number of nitrogens with zero attached hydrogens (tertiary/aromatic N) is 2. The van der Waals surface area contributed by atoms with Gasteiger partial charge in [0.25, 0.3) is 5.91 Å². The smallest absolute Gasteiger partial charge is 0.341 e. The van der Waals surface area contributed by atoms with Gasteiger partial charge in [0.1, 0.15) is 0 Å². The molecule has 9 heteroatoms. The van der Waals surface area contributed by atoms with E-state index in [1.54, 1.807) is 17.0 Å². The van der Waals surface area contributed by atoms with Gasteiger partial charge in [-0.3, -0.25) is 9.69 Å². The summed E-state index contributed by atoms with van der Waals surface area (Å²) in [5, 5.41) is 9.59. The van der Waals surface area contributed by atoms with Gasteiger partial charge in [-0.2, -0.15) is 0 Å². The molecule has 0 spiro atoms. The summed E-state index contributed by atoms with van der Waals surface area (Å²) in [6, 6.07) is 11.4. The van der Waals surface area contributed by atoms with Crippen molar-refractivity contribution in [3.8, 4) is 11.5 Å². The molecule has 1 heterocycles. The number of amides is 1. The van der Waals surface area contributed by atoms with Gasteiger partial charge >= 0.3 is 5.97 Å². The minimum atomic E-state index is -1.07. The Morgan fingerprint density at radius 3 is 2.58 bits per heavy atom. The van der Waals surface area contributed by atoms with Crippen LogP contribution in [-0.4, -0.2) is 46.8 Å². The summed E-state index contributed by atoms with van der Waals surface area (Å²) in [6.45, 7) is 6.39. The maximum Gasteiger partial charge on any atom is 0.341 e. The minimum Gasteiger partial charge on any atom is -0.490 e. The lowest BCUT2D eigenvalue weighted by molar-refractivity contribution is -0.139. The average molecular weight is 580 g/mol. The van der Waals surface area contributed by atoms with E-state index in [0.29, 0.717) is 38.3 Å². The first-order valence-electron chi connectivity index (χ1n) is 10.5. The molecule has 0 saturated carbocycles. The van der Waals surface area contributed by atoms with Crippen LogP contribution in [0.2, 0.25) is 0 Å². The quantitative estimate of drug-likeness (QED) is 0.313. The fourth-order valence-corrected chi connectivity index (χ4v) is 4.91. The molecule has 0 radical (unpaired) electrons. The fourth-order valence-electron chi connectivity index (χ4n) is 3.10. The van der Waals surface area contributed by atoms with Crippen LogP contribution in [-0.2, 0) is 9.59 Å². The van der Waals surface area contributed by atoms with Crippen LogP contribution in [0, 0.1) is 10.5 Å². The molecule has 1 fully saturated rings. The number of rotatable bonds is 9. The molecule has 7 nitrogen and oxygen atoms in total. The third-order valence-electron chi connectivity index (χ3n) is 4.56. The predicted molar refractivity (Wildman–Crippen MR) is 139 cm³/mol. The predicted octanol–water partition coefficient (Wildman–Crippen LogP) is 5.48. The molecule has 2 aromatic carbocycles. The number of halogens is 1.